The number of likely N-dealkylation sites (tertiary alicyclic amines) is 2. The normalized spacial score (nSPS) is 23.6. The van der Waals surface area contributed by atoms with Crippen molar-refractivity contribution in [2.45, 2.75) is 70.7 Å². The molecule has 0 aliphatic carbocycles. The first kappa shape index (κ1) is 27.9. The zero-order chi connectivity index (χ0) is 28.5. The summed E-state index contributed by atoms with van der Waals surface area (Å²) in [5, 5.41) is 11.0. The number of benzene rings is 1. The molecule has 3 aliphatic heterocycles. The van der Waals surface area contributed by atoms with Gasteiger partial charge in [-0.25, -0.2) is 0 Å². The van der Waals surface area contributed by atoms with Gasteiger partial charge in [-0.2, -0.15) is 5.11 Å². The largest absolute Gasteiger partial charge is 0.460 e. The lowest BCUT2D eigenvalue weighted by atomic mass is 9.85. The Hall–Kier alpha value is -4.09. The van der Waals surface area contributed by atoms with Crippen LogP contribution in [-0.4, -0.2) is 82.8 Å². The van der Waals surface area contributed by atoms with E-state index >= 15 is 0 Å². The first-order chi connectivity index (χ1) is 18.4. The molecule has 4 atom stereocenters. The molecule has 208 valence electrons. The summed E-state index contributed by atoms with van der Waals surface area (Å²) < 4.78 is 4.96. The molecule has 0 saturated carbocycles. The van der Waals surface area contributed by atoms with E-state index in [-0.39, 0.29) is 36.6 Å². The molecule has 2 fully saturated rings. The Bertz CT molecular complexity index is 1260. The number of hydrogen-bond acceptors (Lipinski definition) is 8. The van der Waals surface area contributed by atoms with Crippen molar-refractivity contribution in [3.05, 3.63) is 46.7 Å². The third-order valence-corrected chi connectivity index (χ3v) is 7.57. The van der Waals surface area contributed by atoms with Crippen LogP contribution in [0.15, 0.2) is 45.8 Å². The smallest absolute Gasteiger partial charge is 0.302 e. The molecule has 12 heteroatoms. The van der Waals surface area contributed by atoms with Crippen LogP contribution in [0.1, 0.15) is 44.7 Å². The lowest BCUT2D eigenvalue weighted by Gasteiger charge is -2.50. The highest BCUT2D eigenvalue weighted by Gasteiger charge is 2.60. The van der Waals surface area contributed by atoms with Crippen LogP contribution in [0, 0.1) is 6.92 Å². The molecule has 2 saturated heterocycles. The van der Waals surface area contributed by atoms with Gasteiger partial charge in [-0.15, -0.1) is 5.11 Å². The SMILES string of the molecule is CC(=O)O[C@H](C)[C@H](NC(=O)CN1CC2(CCCN2C(=O)C2=C(C)C(Cc3ccc(C)cc3)N=N2)C1=O)C(N)=O. The van der Waals surface area contributed by atoms with E-state index in [9.17, 15) is 24.0 Å². The van der Waals surface area contributed by atoms with Gasteiger partial charge in [-0.1, -0.05) is 29.8 Å². The van der Waals surface area contributed by atoms with E-state index < -0.39 is 35.5 Å². The van der Waals surface area contributed by atoms with Crippen LogP contribution in [0.4, 0.5) is 0 Å². The number of carbonyl (C=O) groups excluding carboxylic acids is 5. The van der Waals surface area contributed by atoms with Gasteiger partial charge in [0.25, 0.3) is 11.8 Å². The number of carbonyl (C=O) groups is 5. The van der Waals surface area contributed by atoms with E-state index in [1.54, 1.807) is 4.90 Å². The summed E-state index contributed by atoms with van der Waals surface area (Å²) >= 11 is 0. The molecule has 1 spiro atoms. The van der Waals surface area contributed by atoms with Crippen LogP contribution < -0.4 is 11.1 Å². The van der Waals surface area contributed by atoms with Gasteiger partial charge in [0.1, 0.15) is 17.7 Å². The average Bonchev–Trinajstić information content (AvgIpc) is 3.48. The molecule has 0 bridgehead atoms. The van der Waals surface area contributed by atoms with Gasteiger partial charge in [0.2, 0.25) is 11.8 Å². The van der Waals surface area contributed by atoms with Crippen LogP contribution in [0.2, 0.25) is 0 Å². The number of hydrogen-bond donors (Lipinski definition) is 2. The Balaban J connectivity index is 1.39. The maximum atomic E-state index is 13.5. The minimum Gasteiger partial charge on any atom is -0.460 e. The zero-order valence-corrected chi connectivity index (χ0v) is 22.6. The Labute approximate surface area is 226 Å². The van der Waals surface area contributed by atoms with Crippen LogP contribution in [0.5, 0.6) is 0 Å². The van der Waals surface area contributed by atoms with Crippen molar-refractivity contribution in [2.24, 2.45) is 16.0 Å². The van der Waals surface area contributed by atoms with Gasteiger partial charge in [-0.05, 0) is 44.7 Å². The minimum absolute atomic E-state index is 0.183. The maximum absolute atomic E-state index is 13.5. The van der Waals surface area contributed by atoms with Crippen molar-refractivity contribution in [2.75, 3.05) is 19.6 Å². The van der Waals surface area contributed by atoms with E-state index in [0.29, 0.717) is 25.8 Å². The zero-order valence-electron chi connectivity index (χ0n) is 22.6. The van der Waals surface area contributed by atoms with E-state index in [1.165, 1.54) is 18.7 Å². The van der Waals surface area contributed by atoms with E-state index in [1.807, 2.05) is 38.1 Å². The molecule has 1 aromatic carbocycles. The van der Waals surface area contributed by atoms with Crippen molar-refractivity contribution < 1.29 is 28.7 Å². The minimum atomic E-state index is -1.24. The number of amides is 4. The molecule has 1 aromatic rings. The highest BCUT2D eigenvalue weighted by atomic mass is 16.5. The number of nitrogens with two attached hydrogens (primary N) is 1. The summed E-state index contributed by atoms with van der Waals surface area (Å²) in [4.78, 5) is 65.3. The highest BCUT2D eigenvalue weighted by Crippen LogP contribution is 2.40. The lowest BCUT2D eigenvalue weighted by Crippen LogP contribution is -2.74. The molecular formula is C27H34N6O6. The Kier molecular flexibility index (Phi) is 7.84. The Morgan fingerprint density at radius 2 is 1.90 bits per heavy atom. The molecule has 0 radical (unpaired) electrons. The van der Waals surface area contributed by atoms with Crippen LogP contribution in [0.25, 0.3) is 0 Å². The summed E-state index contributed by atoms with van der Waals surface area (Å²) in [6, 6.07) is 6.65. The molecular weight excluding hydrogens is 504 g/mol. The highest BCUT2D eigenvalue weighted by molar-refractivity contribution is 6.03. The van der Waals surface area contributed by atoms with Crippen LogP contribution in [-0.2, 0) is 35.1 Å². The molecule has 12 nitrogen and oxygen atoms in total. The molecule has 4 amide bonds. The van der Waals surface area contributed by atoms with Crippen molar-refractivity contribution in [1.82, 2.24) is 15.1 Å². The third kappa shape index (κ3) is 5.55. The first-order valence-corrected chi connectivity index (χ1v) is 13.0. The summed E-state index contributed by atoms with van der Waals surface area (Å²) in [5.41, 5.74) is 7.62. The van der Waals surface area contributed by atoms with Crippen molar-refractivity contribution in [3.63, 3.8) is 0 Å². The quantitative estimate of drug-likeness (QED) is 0.348. The summed E-state index contributed by atoms with van der Waals surface area (Å²) in [5.74, 6) is -2.79. The molecule has 0 aromatic heterocycles. The number of ether oxygens (including phenoxy) is 1. The molecule has 3 heterocycles. The number of nitrogens with zero attached hydrogens (tertiary/aromatic N) is 4. The van der Waals surface area contributed by atoms with Crippen molar-refractivity contribution >= 4 is 29.6 Å². The fourth-order valence-corrected chi connectivity index (χ4v) is 5.42. The number of β-lactam (4-membered cyclic amide) rings is 1. The molecule has 4 rings (SSSR count). The molecule has 39 heavy (non-hydrogen) atoms. The molecule has 3 N–H and O–H groups in total. The maximum Gasteiger partial charge on any atom is 0.302 e. The topological polar surface area (TPSA) is 164 Å². The summed E-state index contributed by atoms with van der Waals surface area (Å²) in [6.07, 6.45) is 0.788. The number of primary amides is 1. The van der Waals surface area contributed by atoms with E-state index in [2.05, 4.69) is 15.5 Å². The van der Waals surface area contributed by atoms with E-state index in [0.717, 1.165) is 16.7 Å². The fraction of sp³-hybridized carbons (Fsp3) is 0.519. The van der Waals surface area contributed by atoms with Gasteiger partial charge in [-0.3, -0.25) is 24.0 Å². The number of azo groups is 1. The second-order valence-corrected chi connectivity index (χ2v) is 10.5. The van der Waals surface area contributed by atoms with Gasteiger partial charge >= 0.3 is 5.97 Å². The van der Waals surface area contributed by atoms with Gasteiger partial charge in [0.15, 0.2) is 5.70 Å². The van der Waals surface area contributed by atoms with Gasteiger partial charge < -0.3 is 25.6 Å². The van der Waals surface area contributed by atoms with Gasteiger partial charge in [0.05, 0.1) is 19.1 Å². The summed E-state index contributed by atoms with van der Waals surface area (Å²) in [6.45, 7) is 6.75. The standard InChI is InChI=1S/C27H34N6O6/c1-15-6-8-19(9-7-15)12-20-16(2)22(31-30-20)25(37)33-11-5-10-27(33)14-32(26(27)38)13-21(35)29-23(24(28)36)17(3)39-18(4)34/h6-9,17,20,23H,5,10-14H2,1-4H3,(H2,28,36)(H,29,35)/t17-,20?,23+,27?/m1/s1. The molecule has 3 aliphatic rings. The number of esters is 1. The predicted octanol–water partition coefficient (Wildman–Crippen LogP) is 0.771. The van der Waals surface area contributed by atoms with E-state index in [4.69, 9.17) is 10.5 Å². The Morgan fingerprint density at radius 1 is 1.21 bits per heavy atom. The van der Waals surface area contributed by atoms with Crippen molar-refractivity contribution in [3.8, 4) is 0 Å². The number of rotatable bonds is 9. The number of aryl methyl sites for hydroxylation is 1. The number of nitrogens with one attached hydrogen (secondary N) is 1. The van der Waals surface area contributed by atoms with Gasteiger partial charge in [0, 0.05) is 19.9 Å². The predicted molar refractivity (Wildman–Crippen MR) is 139 cm³/mol. The third-order valence-electron chi connectivity index (χ3n) is 7.57. The summed E-state index contributed by atoms with van der Waals surface area (Å²) in [7, 11) is 0. The fourth-order valence-electron chi connectivity index (χ4n) is 5.42. The lowest BCUT2D eigenvalue weighted by molar-refractivity contribution is -0.167. The van der Waals surface area contributed by atoms with Crippen molar-refractivity contribution in [1.29, 1.82) is 0 Å². The Morgan fingerprint density at radius 3 is 2.51 bits per heavy atom. The molecule has 2 unspecified atom stereocenters. The first-order valence-electron chi connectivity index (χ1n) is 13.0. The monoisotopic (exact) mass is 538 g/mol. The van der Waals surface area contributed by atoms with Crippen LogP contribution in [0.3, 0.4) is 0 Å². The average molecular weight is 539 g/mol. The second-order valence-electron chi connectivity index (χ2n) is 10.5. The van der Waals surface area contributed by atoms with Crippen LogP contribution >= 0.6 is 0 Å². The second kappa shape index (κ2) is 11.0.